The van der Waals surface area contributed by atoms with E-state index in [1.54, 1.807) is 13.8 Å². The molecule has 1 unspecified atom stereocenters. The average Bonchev–Trinajstić information content (AvgIpc) is 2.60. The van der Waals surface area contributed by atoms with Crippen LogP contribution in [-0.2, 0) is 29.8 Å². The van der Waals surface area contributed by atoms with E-state index in [-0.39, 0.29) is 38.9 Å². The van der Waals surface area contributed by atoms with Gasteiger partial charge in [0, 0.05) is 13.0 Å². The van der Waals surface area contributed by atoms with Crippen LogP contribution in [0.25, 0.3) is 0 Å². The number of benzene rings is 1. The minimum atomic E-state index is -3.36. The third kappa shape index (κ3) is 10.1. The summed E-state index contributed by atoms with van der Waals surface area (Å²) in [6, 6.07) is 9.25. The van der Waals surface area contributed by atoms with Gasteiger partial charge in [-0.25, -0.2) is 4.79 Å². The maximum atomic E-state index is 12.6. The lowest BCUT2D eigenvalue weighted by molar-refractivity contribution is -0.137. The molecular formula is C18H28NO7P. The molecule has 1 amide bonds. The predicted molar refractivity (Wildman–Crippen MR) is 101 cm³/mol. The number of hydrogen-bond donors (Lipinski definition) is 2. The highest BCUT2D eigenvalue weighted by molar-refractivity contribution is 7.53. The number of alkyl carbamates (subject to hydrolysis) is 1. The number of aliphatic carboxylic acids is 1. The van der Waals surface area contributed by atoms with E-state index in [4.69, 9.17) is 18.9 Å². The summed E-state index contributed by atoms with van der Waals surface area (Å²) < 4.78 is 28.2. The van der Waals surface area contributed by atoms with Crippen LogP contribution in [0.4, 0.5) is 4.79 Å². The fourth-order valence-corrected chi connectivity index (χ4v) is 4.53. The van der Waals surface area contributed by atoms with Crippen LogP contribution < -0.4 is 5.32 Å². The quantitative estimate of drug-likeness (QED) is 0.485. The van der Waals surface area contributed by atoms with Gasteiger partial charge in [0.05, 0.1) is 19.4 Å². The number of carbonyl (C=O) groups is 2. The molecule has 0 fully saturated rings. The third-order valence-corrected chi connectivity index (χ3v) is 5.90. The van der Waals surface area contributed by atoms with Gasteiger partial charge in [-0.15, -0.1) is 0 Å². The van der Waals surface area contributed by atoms with E-state index in [2.05, 4.69) is 5.32 Å². The number of carbonyl (C=O) groups excluding carboxylic acids is 1. The highest BCUT2D eigenvalue weighted by atomic mass is 31.2. The molecule has 152 valence electrons. The molecule has 0 saturated carbocycles. The average molecular weight is 401 g/mol. The molecule has 8 nitrogen and oxygen atoms in total. The monoisotopic (exact) mass is 401 g/mol. The number of amides is 1. The summed E-state index contributed by atoms with van der Waals surface area (Å²) in [7, 11) is -3.36. The topological polar surface area (TPSA) is 111 Å². The molecule has 1 aromatic carbocycles. The molecule has 0 saturated heterocycles. The van der Waals surface area contributed by atoms with E-state index in [1.807, 2.05) is 30.3 Å². The SMILES string of the molecule is CCOP(=O)(CC(CCNC(=O)OCc1ccccc1)CC(=O)O)OCC. The van der Waals surface area contributed by atoms with Crippen LogP contribution in [0.2, 0.25) is 0 Å². The summed E-state index contributed by atoms with van der Waals surface area (Å²) in [5, 5.41) is 11.7. The van der Waals surface area contributed by atoms with Crippen molar-refractivity contribution in [3.05, 3.63) is 35.9 Å². The Morgan fingerprint density at radius 1 is 1.15 bits per heavy atom. The van der Waals surface area contributed by atoms with Crippen molar-refractivity contribution in [2.45, 2.75) is 33.3 Å². The van der Waals surface area contributed by atoms with Crippen LogP contribution in [-0.4, -0.2) is 43.1 Å². The molecule has 27 heavy (non-hydrogen) atoms. The Bertz CT molecular complexity index is 613. The summed E-state index contributed by atoms with van der Waals surface area (Å²) in [5.74, 6) is -1.47. The summed E-state index contributed by atoms with van der Waals surface area (Å²) in [6.45, 7) is 4.16. The van der Waals surface area contributed by atoms with Crippen molar-refractivity contribution in [3.63, 3.8) is 0 Å². The van der Waals surface area contributed by atoms with Gasteiger partial charge in [0.25, 0.3) is 0 Å². The van der Waals surface area contributed by atoms with E-state index in [9.17, 15) is 14.2 Å². The molecule has 0 aliphatic carbocycles. The number of carboxylic acids is 1. The normalized spacial score (nSPS) is 12.4. The molecule has 9 heteroatoms. The van der Waals surface area contributed by atoms with E-state index >= 15 is 0 Å². The molecule has 0 bridgehead atoms. The van der Waals surface area contributed by atoms with Crippen LogP contribution in [0.3, 0.4) is 0 Å². The smallest absolute Gasteiger partial charge is 0.407 e. The number of carboxylic acid groups (broad SMARTS) is 1. The van der Waals surface area contributed by atoms with Gasteiger partial charge in [0.15, 0.2) is 0 Å². The second-order valence-corrected chi connectivity index (χ2v) is 7.97. The van der Waals surface area contributed by atoms with Crippen LogP contribution in [0.15, 0.2) is 30.3 Å². The number of rotatable bonds is 13. The Hall–Kier alpha value is -1.89. The highest BCUT2D eigenvalue weighted by Crippen LogP contribution is 2.50. The van der Waals surface area contributed by atoms with Gasteiger partial charge < -0.3 is 24.2 Å². The Labute approximate surface area is 159 Å². The van der Waals surface area contributed by atoms with Crippen LogP contribution in [0.1, 0.15) is 32.3 Å². The fraction of sp³-hybridized carbons (Fsp3) is 0.556. The van der Waals surface area contributed by atoms with Crippen LogP contribution in [0.5, 0.6) is 0 Å². The van der Waals surface area contributed by atoms with E-state index < -0.39 is 25.6 Å². The number of ether oxygens (including phenoxy) is 1. The van der Waals surface area contributed by atoms with Gasteiger partial charge in [-0.3, -0.25) is 9.36 Å². The van der Waals surface area contributed by atoms with Gasteiger partial charge >= 0.3 is 19.7 Å². The Kier molecular flexibility index (Phi) is 10.7. The van der Waals surface area contributed by atoms with Gasteiger partial charge in [0.2, 0.25) is 0 Å². The standard InChI is InChI=1S/C18H28NO7P/c1-3-25-27(23,26-4-2)14-16(12-17(20)21)10-11-19-18(22)24-13-15-8-6-5-7-9-15/h5-9,16H,3-4,10-14H2,1-2H3,(H,19,22)(H,20,21). The first-order chi connectivity index (χ1) is 12.9. The molecule has 0 aliphatic rings. The van der Waals surface area contributed by atoms with E-state index in [0.717, 1.165) is 5.56 Å². The van der Waals surface area contributed by atoms with Crippen molar-refractivity contribution in [2.75, 3.05) is 25.9 Å². The molecule has 0 heterocycles. The number of hydrogen-bond acceptors (Lipinski definition) is 6. The van der Waals surface area contributed by atoms with Gasteiger partial charge in [-0.2, -0.15) is 0 Å². The molecule has 1 aromatic rings. The van der Waals surface area contributed by atoms with Crippen molar-refractivity contribution in [2.24, 2.45) is 5.92 Å². The lowest BCUT2D eigenvalue weighted by atomic mass is 10.0. The van der Waals surface area contributed by atoms with Crippen LogP contribution >= 0.6 is 7.60 Å². The molecular weight excluding hydrogens is 373 g/mol. The zero-order chi connectivity index (χ0) is 20.1. The molecule has 0 radical (unpaired) electrons. The molecule has 0 spiro atoms. The Morgan fingerprint density at radius 2 is 1.78 bits per heavy atom. The third-order valence-electron chi connectivity index (χ3n) is 3.63. The summed E-state index contributed by atoms with van der Waals surface area (Å²) in [4.78, 5) is 22.8. The largest absolute Gasteiger partial charge is 0.481 e. The van der Waals surface area contributed by atoms with Crippen molar-refractivity contribution < 1.29 is 33.0 Å². The van der Waals surface area contributed by atoms with Gasteiger partial charge in [-0.05, 0) is 31.7 Å². The second-order valence-electron chi connectivity index (χ2n) is 5.87. The lowest BCUT2D eigenvalue weighted by Gasteiger charge is -2.22. The van der Waals surface area contributed by atoms with E-state index in [0.29, 0.717) is 6.42 Å². The molecule has 1 atom stereocenters. The van der Waals surface area contributed by atoms with Crippen molar-refractivity contribution in [1.82, 2.24) is 5.32 Å². The molecule has 1 rings (SSSR count). The zero-order valence-electron chi connectivity index (χ0n) is 15.8. The molecule has 2 N–H and O–H groups in total. The summed E-state index contributed by atoms with van der Waals surface area (Å²) >= 11 is 0. The summed E-state index contributed by atoms with van der Waals surface area (Å²) in [5.41, 5.74) is 0.866. The van der Waals surface area contributed by atoms with Crippen molar-refractivity contribution in [3.8, 4) is 0 Å². The summed E-state index contributed by atoms with van der Waals surface area (Å²) in [6.07, 6.45) is -0.477. The maximum absolute atomic E-state index is 12.6. The predicted octanol–water partition coefficient (Wildman–Crippen LogP) is 3.66. The van der Waals surface area contributed by atoms with Gasteiger partial charge in [-0.1, -0.05) is 30.3 Å². The lowest BCUT2D eigenvalue weighted by Crippen LogP contribution is -2.28. The van der Waals surface area contributed by atoms with Crippen LogP contribution in [0, 0.1) is 5.92 Å². The fourth-order valence-electron chi connectivity index (χ4n) is 2.51. The minimum absolute atomic E-state index is 0.0122. The highest BCUT2D eigenvalue weighted by Gasteiger charge is 2.29. The second kappa shape index (κ2) is 12.5. The van der Waals surface area contributed by atoms with E-state index in [1.165, 1.54) is 0 Å². The maximum Gasteiger partial charge on any atom is 0.407 e. The minimum Gasteiger partial charge on any atom is -0.481 e. The van der Waals surface area contributed by atoms with Crippen molar-refractivity contribution >= 4 is 19.7 Å². The Morgan fingerprint density at radius 3 is 2.33 bits per heavy atom. The first-order valence-electron chi connectivity index (χ1n) is 8.93. The van der Waals surface area contributed by atoms with Gasteiger partial charge in [0.1, 0.15) is 6.61 Å². The molecule has 0 aromatic heterocycles. The zero-order valence-corrected chi connectivity index (χ0v) is 16.7. The Balaban J connectivity index is 2.47. The number of nitrogens with one attached hydrogen (secondary N) is 1. The first-order valence-corrected chi connectivity index (χ1v) is 10.7. The molecule has 0 aliphatic heterocycles. The van der Waals surface area contributed by atoms with Crippen molar-refractivity contribution in [1.29, 1.82) is 0 Å². The first kappa shape index (κ1) is 23.1.